The molecule has 17 heavy (non-hydrogen) atoms. The molecule has 0 saturated heterocycles. The zero-order valence-electron chi connectivity index (χ0n) is 9.77. The molecular formula is C13H16N2OS. The number of ether oxygens (including phenoxy) is 1. The lowest BCUT2D eigenvalue weighted by Crippen LogP contribution is -2.01. The van der Waals surface area contributed by atoms with E-state index in [0.29, 0.717) is 18.0 Å². The normalized spacial score (nSPS) is 10.6. The van der Waals surface area contributed by atoms with Crippen LogP contribution in [0.1, 0.15) is 5.56 Å². The van der Waals surface area contributed by atoms with Crippen LogP contribution < -0.4 is 11.5 Å². The molecule has 0 spiro atoms. The summed E-state index contributed by atoms with van der Waals surface area (Å²) in [6.45, 7) is 0.688. The van der Waals surface area contributed by atoms with E-state index in [2.05, 4.69) is 12.1 Å². The number of hydrogen-bond acceptors (Lipinski definition) is 4. The summed E-state index contributed by atoms with van der Waals surface area (Å²) in [5, 5.41) is 2.03. The second-order valence-electron chi connectivity index (χ2n) is 3.87. The fourth-order valence-corrected chi connectivity index (χ4v) is 2.49. The van der Waals surface area contributed by atoms with Gasteiger partial charge in [-0.2, -0.15) is 0 Å². The van der Waals surface area contributed by atoms with Crippen LogP contribution in [0.4, 0.5) is 11.4 Å². The molecule has 4 heteroatoms. The van der Waals surface area contributed by atoms with Crippen LogP contribution in [0.25, 0.3) is 10.4 Å². The van der Waals surface area contributed by atoms with Crippen molar-refractivity contribution in [1.82, 2.24) is 0 Å². The summed E-state index contributed by atoms with van der Waals surface area (Å²) in [5.74, 6) is 0. The van der Waals surface area contributed by atoms with Crippen LogP contribution in [0, 0.1) is 0 Å². The molecule has 0 atom stereocenters. The van der Waals surface area contributed by atoms with Crippen molar-refractivity contribution in [2.75, 3.05) is 25.2 Å². The maximum Gasteiger partial charge on any atom is 0.0635 e. The molecule has 3 nitrogen and oxygen atoms in total. The number of benzene rings is 1. The highest BCUT2D eigenvalue weighted by molar-refractivity contribution is 7.13. The fourth-order valence-electron chi connectivity index (χ4n) is 1.74. The first-order chi connectivity index (χ1) is 8.22. The predicted molar refractivity (Wildman–Crippen MR) is 74.2 cm³/mol. The first kappa shape index (κ1) is 12.0. The lowest BCUT2D eigenvalue weighted by Gasteiger charge is -2.10. The topological polar surface area (TPSA) is 61.3 Å². The number of thiophene rings is 1. The number of hydrogen-bond donors (Lipinski definition) is 2. The van der Waals surface area contributed by atoms with E-state index in [1.54, 1.807) is 18.4 Å². The highest BCUT2D eigenvalue weighted by Gasteiger charge is 2.08. The zero-order valence-corrected chi connectivity index (χ0v) is 10.6. The Labute approximate surface area is 105 Å². The van der Waals surface area contributed by atoms with E-state index in [4.69, 9.17) is 16.2 Å². The van der Waals surface area contributed by atoms with Gasteiger partial charge in [-0.3, -0.25) is 0 Å². The van der Waals surface area contributed by atoms with Gasteiger partial charge in [0, 0.05) is 17.6 Å². The van der Waals surface area contributed by atoms with Gasteiger partial charge in [0.1, 0.15) is 0 Å². The van der Waals surface area contributed by atoms with Crippen LogP contribution in [0.5, 0.6) is 0 Å². The van der Waals surface area contributed by atoms with Gasteiger partial charge < -0.3 is 16.2 Å². The molecule has 1 aromatic heterocycles. The average Bonchev–Trinajstić information content (AvgIpc) is 2.84. The zero-order chi connectivity index (χ0) is 12.3. The molecule has 90 valence electrons. The Balaban J connectivity index is 2.40. The summed E-state index contributed by atoms with van der Waals surface area (Å²) in [6.07, 6.45) is 0.847. The van der Waals surface area contributed by atoms with Crippen molar-refractivity contribution in [3.63, 3.8) is 0 Å². The summed E-state index contributed by atoms with van der Waals surface area (Å²) in [4.78, 5) is 1.15. The molecule has 0 radical (unpaired) electrons. The molecule has 0 bridgehead atoms. The summed E-state index contributed by atoms with van der Waals surface area (Å²) in [5.41, 5.74) is 15.4. The first-order valence-electron chi connectivity index (χ1n) is 5.43. The quantitative estimate of drug-likeness (QED) is 0.818. The van der Waals surface area contributed by atoms with Gasteiger partial charge in [-0.25, -0.2) is 0 Å². The maximum absolute atomic E-state index is 6.02. The van der Waals surface area contributed by atoms with Crippen molar-refractivity contribution in [3.05, 3.63) is 35.2 Å². The Morgan fingerprint density at radius 3 is 2.76 bits per heavy atom. The van der Waals surface area contributed by atoms with E-state index < -0.39 is 0 Å². The number of nitrogens with two attached hydrogens (primary N) is 2. The van der Waals surface area contributed by atoms with E-state index in [-0.39, 0.29) is 0 Å². The number of anilines is 2. The number of methoxy groups -OCH3 is 1. The molecule has 0 amide bonds. The second-order valence-corrected chi connectivity index (χ2v) is 4.81. The first-order valence-corrected chi connectivity index (χ1v) is 6.31. The third-order valence-electron chi connectivity index (χ3n) is 2.65. The fraction of sp³-hybridized carbons (Fsp3) is 0.231. The van der Waals surface area contributed by atoms with Gasteiger partial charge in [0.15, 0.2) is 0 Å². The standard InChI is InChI=1S/C13H16N2OS/c1-16-5-4-9-7-10(12-3-2-6-17-12)13(15)11(14)8-9/h2-3,6-8H,4-5,14-15H2,1H3. The predicted octanol–water partition coefficient (Wildman–Crippen LogP) is 2.77. The van der Waals surface area contributed by atoms with Crippen LogP contribution in [0.2, 0.25) is 0 Å². The number of nitrogen functional groups attached to an aromatic ring is 2. The van der Waals surface area contributed by atoms with Crippen molar-refractivity contribution in [1.29, 1.82) is 0 Å². The molecule has 4 N–H and O–H groups in total. The lowest BCUT2D eigenvalue weighted by atomic mass is 10.0. The minimum absolute atomic E-state index is 0.641. The summed E-state index contributed by atoms with van der Waals surface area (Å²) < 4.78 is 5.08. The van der Waals surface area contributed by atoms with Crippen LogP contribution in [-0.2, 0) is 11.2 Å². The molecule has 1 aromatic carbocycles. The summed E-state index contributed by atoms with van der Waals surface area (Å²) in [7, 11) is 1.70. The molecule has 2 aromatic rings. The largest absolute Gasteiger partial charge is 0.397 e. The van der Waals surface area contributed by atoms with E-state index in [1.807, 2.05) is 17.5 Å². The second kappa shape index (κ2) is 5.21. The highest BCUT2D eigenvalue weighted by atomic mass is 32.1. The Morgan fingerprint density at radius 2 is 2.12 bits per heavy atom. The molecular weight excluding hydrogens is 232 g/mol. The molecule has 0 aliphatic rings. The van der Waals surface area contributed by atoms with Gasteiger partial charge in [0.05, 0.1) is 18.0 Å². The lowest BCUT2D eigenvalue weighted by molar-refractivity contribution is 0.202. The van der Waals surface area contributed by atoms with Gasteiger partial charge in [-0.05, 0) is 35.6 Å². The van der Waals surface area contributed by atoms with Crippen LogP contribution >= 0.6 is 11.3 Å². The minimum Gasteiger partial charge on any atom is -0.397 e. The van der Waals surface area contributed by atoms with E-state index in [0.717, 1.165) is 22.4 Å². The van der Waals surface area contributed by atoms with Crippen LogP contribution in [-0.4, -0.2) is 13.7 Å². The van der Waals surface area contributed by atoms with Crippen molar-refractivity contribution in [3.8, 4) is 10.4 Å². The van der Waals surface area contributed by atoms with Crippen molar-refractivity contribution in [2.45, 2.75) is 6.42 Å². The van der Waals surface area contributed by atoms with Gasteiger partial charge in [0.2, 0.25) is 0 Å². The van der Waals surface area contributed by atoms with E-state index in [1.165, 1.54) is 0 Å². The number of rotatable bonds is 4. The van der Waals surface area contributed by atoms with Crippen molar-refractivity contribution in [2.24, 2.45) is 0 Å². The summed E-state index contributed by atoms with van der Waals surface area (Å²) in [6, 6.07) is 8.08. The Kier molecular flexibility index (Phi) is 3.66. The Morgan fingerprint density at radius 1 is 1.29 bits per heavy atom. The molecule has 0 aliphatic heterocycles. The van der Waals surface area contributed by atoms with Crippen molar-refractivity contribution < 1.29 is 4.74 Å². The average molecular weight is 248 g/mol. The third-order valence-corrected chi connectivity index (χ3v) is 3.56. The SMILES string of the molecule is COCCc1cc(N)c(N)c(-c2cccs2)c1. The van der Waals surface area contributed by atoms with Gasteiger partial charge in [-0.1, -0.05) is 6.07 Å². The highest BCUT2D eigenvalue weighted by Crippen LogP contribution is 2.34. The van der Waals surface area contributed by atoms with E-state index >= 15 is 0 Å². The van der Waals surface area contributed by atoms with Gasteiger partial charge in [-0.15, -0.1) is 11.3 Å². The third kappa shape index (κ3) is 2.60. The maximum atomic E-state index is 6.02. The molecule has 0 saturated carbocycles. The molecule has 2 rings (SSSR count). The molecule has 0 fully saturated rings. The molecule has 0 aliphatic carbocycles. The van der Waals surface area contributed by atoms with Crippen molar-refractivity contribution >= 4 is 22.7 Å². The summed E-state index contributed by atoms with van der Waals surface area (Å²) >= 11 is 1.66. The Bertz CT molecular complexity index is 494. The molecule has 1 heterocycles. The van der Waals surface area contributed by atoms with E-state index in [9.17, 15) is 0 Å². The van der Waals surface area contributed by atoms with Crippen LogP contribution in [0.3, 0.4) is 0 Å². The van der Waals surface area contributed by atoms with Gasteiger partial charge in [0.25, 0.3) is 0 Å². The van der Waals surface area contributed by atoms with Gasteiger partial charge >= 0.3 is 0 Å². The van der Waals surface area contributed by atoms with Crippen LogP contribution in [0.15, 0.2) is 29.6 Å². The smallest absolute Gasteiger partial charge is 0.0635 e. The monoisotopic (exact) mass is 248 g/mol. The minimum atomic E-state index is 0.641. The molecule has 0 unspecified atom stereocenters. The Hall–Kier alpha value is -1.52.